The van der Waals surface area contributed by atoms with Crippen molar-refractivity contribution in [3.8, 4) is 11.5 Å². The average Bonchev–Trinajstić information content (AvgIpc) is 2.23. The lowest BCUT2D eigenvalue weighted by atomic mass is 10.2. The molecular formula is C9H10FNO3. The predicted octanol–water partition coefficient (Wildman–Crippen LogP) is 1.08. The summed E-state index contributed by atoms with van der Waals surface area (Å²) in [5.41, 5.74) is 2.24. The topological polar surface area (TPSA) is 50.7 Å². The highest BCUT2D eigenvalue weighted by molar-refractivity contribution is 5.45. The second-order valence-corrected chi connectivity index (χ2v) is 2.90. The number of rotatable bonds is 2. The summed E-state index contributed by atoms with van der Waals surface area (Å²) in [5.74, 6) is 0.0585. The van der Waals surface area contributed by atoms with Gasteiger partial charge < -0.3 is 14.7 Å². The molecule has 4 nitrogen and oxygen atoms in total. The Hall–Kier alpha value is -1.33. The van der Waals surface area contributed by atoms with Gasteiger partial charge in [0.25, 0.3) is 0 Å². The first-order valence-corrected chi connectivity index (χ1v) is 4.27. The molecule has 0 amide bonds. The van der Waals surface area contributed by atoms with E-state index in [1.165, 1.54) is 0 Å². The van der Waals surface area contributed by atoms with Gasteiger partial charge >= 0.3 is 0 Å². The molecule has 0 aliphatic carbocycles. The SMILES string of the molecule is ONCc1ccc2c(c1F)OCCO2. The van der Waals surface area contributed by atoms with Crippen LogP contribution in [0.1, 0.15) is 5.56 Å². The third kappa shape index (κ3) is 1.51. The molecule has 1 heterocycles. The van der Waals surface area contributed by atoms with E-state index >= 15 is 0 Å². The van der Waals surface area contributed by atoms with E-state index in [4.69, 9.17) is 14.7 Å². The van der Waals surface area contributed by atoms with Crippen LogP contribution in [0.25, 0.3) is 0 Å². The third-order valence-corrected chi connectivity index (χ3v) is 2.00. The quantitative estimate of drug-likeness (QED) is 0.700. The summed E-state index contributed by atoms with van der Waals surface area (Å²) in [6.45, 7) is 0.826. The van der Waals surface area contributed by atoms with Gasteiger partial charge in [0.2, 0.25) is 0 Å². The number of hydrogen-bond donors (Lipinski definition) is 2. The third-order valence-electron chi connectivity index (χ3n) is 2.00. The maximum atomic E-state index is 13.6. The van der Waals surface area contributed by atoms with Crippen LogP contribution in [0.3, 0.4) is 0 Å². The lowest BCUT2D eigenvalue weighted by Gasteiger charge is -2.19. The first-order chi connectivity index (χ1) is 6.83. The Bertz CT molecular complexity index is 343. The van der Waals surface area contributed by atoms with Gasteiger partial charge in [0.1, 0.15) is 13.2 Å². The highest BCUT2D eigenvalue weighted by atomic mass is 19.1. The van der Waals surface area contributed by atoms with Gasteiger partial charge in [-0.25, -0.2) is 9.87 Å². The summed E-state index contributed by atoms with van der Waals surface area (Å²) >= 11 is 0. The normalized spacial score (nSPS) is 14.1. The molecule has 1 aromatic rings. The summed E-state index contributed by atoms with van der Waals surface area (Å²) in [5, 5.41) is 8.46. The number of ether oxygens (including phenoxy) is 2. The van der Waals surface area contributed by atoms with Crippen molar-refractivity contribution in [2.45, 2.75) is 6.54 Å². The first kappa shape index (κ1) is 9.23. The van der Waals surface area contributed by atoms with Crippen LogP contribution in [0.15, 0.2) is 12.1 Å². The highest BCUT2D eigenvalue weighted by Crippen LogP contribution is 2.34. The average molecular weight is 199 g/mol. The molecule has 14 heavy (non-hydrogen) atoms. The summed E-state index contributed by atoms with van der Waals surface area (Å²) in [6.07, 6.45) is 0. The fraction of sp³-hybridized carbons (Fsp3) is 0.333. The van der Waals surface area contributed by atoms with Crippen LogP contribution in [0.5, 0.6) is 11.5 Å². The Morgan fingerprint density at radius 3 is 2.93 bits per heavy atom. The number of hydroxylamine groups is 1. The standard InChI is InChI=1S/C9H10FNO3/c10-8-6(5-11-12)1-2-7-9(8)14-4-3-13-7/h1-2,11-12H,3-5H2. The van der Waals surface area contributed by atoms with Gasteiger partial charge in [-0.1, -0.05) is 6.07 Å². The van der Waals surface area contributed by atoms with Crippen LogP contribution in [0, 0.1) is 5.82 Å². The van der Waals surface area contributed by atoms with E-state index in [9.17, 15) is 4.39 Å². The Morgan fingerprint density at radius 1 is 1.36 bits per heavy atom. The fourth-order valence-corrected chi connectivity index (χ4v) is 1.34. The molecule has 1 aromatic carbocycles. The van der Waals surface area contributed by atoms with Crippen LogP contribution >= 0.6 is 0 Å². The molecule has 1 aliphatic rings. The monoisotopic (exact) mass is 199 g/mol. The van der Waals surface area contributed by atoms with E-state index < -0.39 is 5.82 Å². The first-order valence-electron chi connectivity index (χ1n) is 4.27. The molecule has 0 atom stereocenters. The number of nitrogens with one attached hydrogen (secondary N) is 1. The number of halogens is 1. The zero-order chi connectivity index (χ0) is 9.97. The van der Waals surface area contributed by atoms with Crippen LogP contribution in [0.2, 0.25) is 0 Å². The molecule has 0 bridgehead atoms. The Balaban J connectivity index is 2.38. The van der Waals surface area contributed by atoms with E-state index in [-0.39, 0.29) is 12.3 Å². The fourth-order valence-electron chi connectivity index (χ4n) is 1.34. The van der Waals surface area contributed by atoms with Crippen LogP contribution in [0.4, 0.5) is 4.39 Å². The van der Waals surface area contributed by atoms with E-state index in [1.54, 1.807) is 12.1 Å². The largest absolute Gasteiger partial charge is 0.486 e. The molecule has 0 aromatic heterocycles. The molecule has 1 aliphatic heterocycles. The van der Waals surface area contributed by atoms with E-state index in [2.05, 4.69) is 0 Å². The summed E-state index contributed by atoms with van der Waals surface area (Å²) in [4.78, 5) is 0. The van der Waals surface area contributed by atoms with Gasteiger partial charge in [0.15, 0.2) is 17.3 Å². The second-order valence-electron chi connectivity index (χ2n) is 2.90. The highest BCUT2D eigenvalue weighted by Gasteiger charge is 2.18. The van der Waals surface area contributed by atoms with Crippen molar-refractivity contribution in [2.75, 3.05) is 13.2 Å². The zero-order valence-electron chi connectivity index (χ0n) is 7.42. The number of hydrogen-bond acceptors (Lipinski definition) is 4. The molecule has 5 heteroatoms. The van der Waals surface area contributed by atoms with Gasteiger partial charge in [-0.3, -0.25) is 0 Å². The molecule has 0 saturated heterocycles. The molecule has 0 unspecified atom stereocenters. The summed E-state index contributed by atoms with van der Waals surface area (Å²) in [7, 11) is 0. The molecule has 0 radical (unpaired) electrons. The van der Waals surface area contributed by atoms with Gasteiger partial charge in [0, 0.05) is 12.1 Å². The number of fused-ring (bicyclic) bond motifs is 1. The van der Waals surface area contributed by atoms with Crippen molar-refractivity contribution in [1.82, 2.24) is 5.48 Å². The Morgan fingerprint density at radius 2 is 2.14 bits per heavy atom. The summed E-state index contributed by atoms with van der Waals surface area (Å²) < 4.78 is 23.9. The van der Waals surface area contributed by atoms with E-state index in [1.807, 2.05) is 5.48 Å². The minimum atomic E-state index is -0.483. The van der Waals surface area contributed by atoms with Crippen molar-refractivity contribution in [3.05, 3.63) is 23.5 Å². The van der Waals surface area contributed by atoms with Crippen LogP contribution in [-0.4, -0.2) is 18.4 Å². The Kier molecular flexibility index (Phi) is 2.51. The summed E-state index contributed by atoms with van der Waals surface area (Å²) in [6, 6.07) is 3.18. The van der Waals surface area contributed by atoms with E-state index in [0.29, 0.717) is 24.5 Å². The minimum Gasteiger partial charge on any atom is -0.486 e. The smallest absolute Gasteiger partial charge is 0.197 e. The molecule has 2 N–H and O–H groups in total. The van der Waals surface area contributed by atoms with Crippen molar-refractivity contribution >= 4 is 0 Å². The van der Waals surface area contributed by atoms with Crippen LogP contribution < -0.4 is 15.0 Å². The molecule has 76 valence electrons. The van der Waals surface area contributed by atoms with Gasteiger partial charge in [-0.15, -0.1) is 0 Å². The zero-order valence-corrected chi connectivity index (χ0v) is 7.42. The minimum absolute atomic E-state index is 0.0441. The van der Waals surface area contributed by atoms with Crippen molar-refractivity contribution in [3.63, 3.8) is 0 Å². The van der Waals surface area contributed by atoms with E-state index in [0.717, 1.165) is 0 Å². The maximum Gasteiger partial charge on any atom is 0.197 e. The molecule has 0 fully saturated rings. The van der Waals surface area contributed by atoms with Gasteiger partial charge in [0.05, 0.1) is 0 Å². The second kappa shape index (κ2) is 3.81. The van der Waals surface area contributed by atoms with Crippen molar-refractivity contribution in [2.24, 2.45) is 0 Å². The Labute approximate surface area is 80.2 Å². The molecule has 2 rings (SSSR count). The van der Waals surface area contributed by atoms with Gasteiger partial charge in [-0.05, 0) is 6.07 Å². The van der Waals surface area contributed by atoms with Gasteiger partial charge in [-0.2, -0.15) is 0 Å². The number of benzene rings is 1. The molecular weight excluding hydrogens is 189 g/mol. The maximum absolute atomic E-state index is 13.6. The lowest BCUT2D eigenvalue weighted by Crippen LogP contribution is -2.18. The molecule has 0 saturated carbocycles. The van der Waals surface area contributed by atoms with Crippen molar-refractivity contribution in [1.29, 1.82) is 0 Å². The predicted molar refractivity (Wildman–Crippen MR) is 46.0 cm³/mol. The molecule has 0 spiro atoms. The van der Waals surface area contributed by atoms with Crippen molar-refractivity contribution < 1.29 is 19.1 Å². The van der Waals surface area contributed by atoms with Crippen LogP contribution in [-0.2, 0) is 6.54 Å². The lowest BCUT2D eigenvalue weighted by molar-refractivity contribution is 0.153.